The number of aromatic nitrogens is 5. The van der Waals surface area contributed by atoms with Crippen molar-refractivity contribution in [1.82, 2.24) is 24.4 Å². The molecule has 4 heterocycles. The minimum Gasteiger partial charge on any atom is -0.393 e. The van der Waals surface area contributed by atoms with Gasteiger partial charge in [0.1, 0.15) is 0 Å². The standard InChI is InChI=1S/C23H29F3N6O2/c1-14(9-23(24,25)26)29-22-27-11-21-19(16-10-28-31(12-16)17-6-7-34-13-17)8-20(32(21)30-22)15-2-4-18(33)5-3-15/h8,10-12,14-15,17-18,33H,2-7,9,13H2,1H3,(H,29,30)/t14-,15-,17+,18-/m0/s1. The average molecular weight is 479 g/mol. The second kappa shape index (κ2) is 9.18. The molecule has 2 N–H and O–H groups in total. The van der Waals surface area contributed by atoms with Gasteiger partial charge in [0, 0.05) is 41.6 Å². The SMILES string of the molecule is C[C@@H](CC(F)(F)F)Nc1ncc2c(-c3cnn([C@@H]4CCOC4)c3)cc([C@H]3CC[C@H](O)CC3)n2n1. The van der Waals surface area contributed by atoms with E-state index >= 15 is 0 Å². The molecule has 5 rings (SSSR count). The van der Waals surface area contributed by atoms with Gasteiger partial charge in [-0.2, -0.15) is 18.3 Å². The molecule has 1 saturated heterocycles. The summed E-state index contributed by atoms with van der Waals surface area (Å²) in [5.74, 6) is 0.348. The van der Waals surface area contributed by atoms with Crippen LogP contribution in [0.3, 0.4) is 0 Å². The first kappa shape index (κ1) is 23.1. The number of halogens is 3. The number of nitrogens with zero attached hydrogens (tertiary/aromatic N) is 5. The van der Waals surface area contributed by atoms with Gasteiger partial charge in [0.25, 0.3) is 0 Å². The molecule has 1 aliphatic heterocycles. The Morgan fingerprint density at radius 3 is 2.71 bits per heavy atom. The Labute approximate surface area is 195 Å². The maximum absolute atomic E-state index is 12.8. The van der Waals surface area contributed by atoms with Gasteiger partial charge in [0.15, 0.2) is 0 Å². The van der Waals surface area contributed by atoms with Crippen LogP contribution in [-0.4, -0.2) is 61.0 Å². The molecule has 184 valence electrons. The highest BCUT2D eigenvalue weighted by Gasteiger charge is 2.31. The maximum atomic E-state index is 12.8. The van der Waals surface area contributed by atoms with E-state index in [-0.39, 0.29) is 24.0 Å². The van der Waals surface area contributed by atoms with Gasteiger partial charge in [-0.3, -0.25) is 4.68 Å². The Morgan fingerprint density at radius 1 is 1.21 bits per heavy atom. The highest BCUT2D eigenvalue weighted by Crippen LogP contribution is 2.38. The Hall–Kier alpha value is -2.66. The van der Waals surface area contributed by atoms with Crippen LogP contribution in [-0.2, 0) is 4.74 Å². The third kappa shape index (κ3) is 4.90. The molecular formula is C23H29F3N6O2. The summed E-state index contributed by atoms with van der Waals surface area (Å²) in [6, 6.07) is 1.44. The van der Waals surface area contributed by atoms with Gasteiger partial charge in [0.05, 0.1) is 43.1 Å². The maximum Gasteiger partial charge on any atom is 0.391 e. The lowest BCUT2D eigenvalue weighted by molar-refractivity contribution is -0.136. The number of ether oxygens (including phenoxy) is 1. The molecule has 8 nitrogen and oxygen atoms in total. The highest BCUT2D eigenvalue weighted by molar-refractivity contribution is 5.81. The predicted molar refractivity (Wildman–Crippen MR) is 120 cm³/mol. The second-order valence-electron chi connectivity index (χ2n) is 9.46. The van der Waals surface area contributed by atoms with Gasteiger partial charge in [-0.05, 0) is 45.1 Å². The minimum absolute atomic E-state index is 0.155. The topological polar surface area (TPSA) is 89.5 Å². The molecule has 0 aromatic carbocycles. The lowest BCUT2D eigenvalue weighted by atomic mass is 9.85. The fourth-order valence-corrected chi connectivity index (χ4v) is 5.00. The third-order valence-corrected chi connectivity index (χ3v) is 6.77. The molecule has 2 aliphatic rings. The Kier molecular flexibility index (Phi) is 6.24. The number of alkyl halides is 3. The van der Waals surface area contributed by atoms with Crippen molar-refractivity contribution in [3.63, 3.8) is 0 Å². The van der Waals surface area contributed by atoms with Crippen LogP contribution in [0.25, 0.3) is 16.6 Å². The number of fused-ring (bicyclic) bond motifs is 1. The van der Waals surface area contributed by atoms with E-state index in [2.05, 4.69) is 26.6 Å². The van der Waals surface area contributed by atoms with Crippen molar-refractivity contribution < 1.29 is 23.0 Å². The molecule has 0 amide bonds. The summed E-state index contributed by atoms with van der Waals surface area (Å²) in [6.45, 7) is 2.83. The first-order valence-corrected chi connectivity index (χ1v) is 11.8. The molecule has 1 aliphatic carbocycles. The monoisotopic (exact) mass is 478 g/mol. The van der Waals surface area contributed by atoms with E-state index in [0.29, 0.717) is 19.4 Å². The molecule has 2 fully saturated rings. The highest BCUT2D eigenvalue weighted by atomic mass is 19.4. The van der Waals surface area contributed by atoms with Crippen molar-refractivity contribution in [2.75, 3.05) is 18.5 Å². The first-order chi connectivity index (χ1) is 16.3. The summed E-state index contributed by atoms with van der Waals surface area (Å²) < 4.78 is 47.6. The van der Waals surface area contributed by atoms with Crippen molar-refractivity contribution in [2.45, 2.75) is 75.7 Å². The number of aliphatic hydroxyl groups excluding tert-OH is 1. The molecule has 0 radical (unpaired) electrons. The fraction of sp³-hybridized carbons (Fsp3) is 0.609. The summed E-state index contributed by atoms with van der Waals surface area (Å²) in [5.41, 5.74) is 3.61. The number of hydrogen-bond donors (Lipinski definition) is 2. The van der Waals surface area contributed by atoms with E-state index in [9.17, 15) is 18.3 Å². The fourth-order valence-electron chi connectivity index (χ4n) is 5.00. The van der Waals surface area contributed by atoms with Crippen LogP contribution in [0.5, 0.6) is 0 Å². The quantitative estimate of drug-likeness (QED) is 0.548. The van der Waals surface area contributed by atoms with Gasteiger partial charge >= 0.3 is 6.18 Å². The summed E-state index contributed by atoms with van der Waals surface area (Å²) >= 11 is 0. The summed E-state index contributed by atoms with van der Waals surface area (Å²) in [4.78, 5) is 4.32. The lowest BCUT2D eigenvalue weighted by Gasteiger charge is -2.25. The van der Waals surface area contributed by atoms with Crippen molar-refractivity contribution in [3.8, 4) is 11.1 Å². The molecule has 0 spiro atoms. The minimum atomic E-state index is -4.27. The van der Waals surface area contributed by atoms with Crippen LogP contribution in [0.15, 0.2) is 24.7 Å². The number of rotatable bonds is 6. The number of nitrogens with one attached hydrogen (secondary N) is 1. The number of anilines is 1. The van der Waals surface area contributed by atoms with E-state index in [1.807, 2.05) is 17.1 Å². The largest absolute Gasteiger partial charge is 0.393 e. The summed E-state index contributed by atoms with van der Waals surface area (Å²) in [5, 5.41) is 21.9. The van der Waals surface area contributed by atoms with Crippen molar-refractivity contribution in [2.24, 2.45) is 0 Å². The Balaban J connectivity index is 1.50. The first-order valence-electron chi connectivity index (χ1n) is 11.8. The molecule has 1 saturated carbocycles. The summed E-state index contributed by atoms with van der Waals surface area (Å²) in [7, 11) is 0. The zero-order chi connectivity index (χ0) is 23.9. The van der Waals surface area contributed by atoms with Gasteiger partial charge in [0.2, 0.25) is 5.95 Å². The van der Waals surface area contributed by atoms with Gasteiger partial charge in [-0.1, -0.05) is 0 Å². The van der Waals surface area contributed by atoms with Crippen LogP contribution in [0, 0.1) is 0 Å². The lowest BCUT2D eigenvalue weighted by Crippen LogP contribution is -2.25. The molecule has 34 heavy (non-hydrogen) atoms. The van der Waals surface area contributed by atoms with E-state index in [1.165, 1.54) is 6.92 Å². The normalized spacial score (nSPS) is 24.6. The van der Waals surface area contributed by atoms with Crippen LogP contribution >= 0.6 is 0 Å². The van der Waals surface area contributed by atoms with Crippen LogP contribution in [0.1, 0.15) is 63.1 Å². The van der Waals surface area contributed by atoms with Gasteiger partial charge in [-0.15, -0.1) is 5.10 Å². The van der Waals surface area contributed by atoms with E-state index in [1.54, 1.807) is 10.7 Å². The van der Waals surface area contributed by atoms with Crippen molar-refractivity contribution in [3.05, 3.63) is 30.4 Å². The molecule has 2 atom stereocenters. The van der Waals surface area contributed by atoms with E-state index in [0.717, 1.165) is 48.2 Å². The zero-order valence-corrected chi connectivity index (χ0v) is 19.0. The predicted octanol–water partition coefficient (Wildman–Crippen LogP) is 4.33. The van der Waals surface area contributed by atoms with E-state index in [4.69, 9.17) is 4.74 Å². The Bertz CT molecular complexity index is 1130. The molecule has 3 aromatic rings. The second-order valence-corrected chi connectivity index (χ2v) is 9.46. The third-order valence-electron chi connectivity index (χ3n) is 6.77. The van der Waals surface area contributed by atoms with Gasteiger partial charge in [-0.25, -0.2) is 9.50 Å². The molecule has 11 heteroatoms. The van der Waals surface area contributed by atoms with Crippen molar-refractivity contribution >= 4 is 11.5 Å². The average Bonchev–Trinajstić information content (AvgIpc) is 3.52. The summed E-state index contributed by atoms with van der Waals surface area (Å²) in [6.07, 6.45) is 3.94. The molecule has 0 unspecified atom stereocenters. The van der Waals surface area contributed by atoms with Crippen molar-refractivity contribution in [1.29, 1.82) is 0 Å². The molecule has 3 aromatic heterocycles. The Morgan fingerprint density at radius 2 is 2.00 bits per heavy atom. The van der Waals surface area contributed by atoms with Gasteiger partial charge < -0.3 is 15.2 Å². The molecular weight excluding hydrogens is 449 g/mol. The van der Waals surface area contributed by atoms with Crippen LogP contribution in [0.2, 0.25) is 0 Å². The number of aliphatic hydroxyl groups is 1. The zero-order valence-electron chi connectivity index (χ0n) is 19.0. The van der Waals surface area contributed by atoms with E-state index < -0.39 is 18.6 Å². The molecule has 0 bridgehead atoms. The number of hydrogen-bond acceptors (Lipinski definition) is 6. The van der Waals surface area contributed by atoms with Crippen LogP contribution < -0.4 is 5.32 Å². The smallest absolute Gasteiger partial charge is 0.391 e. The van der Waals surface area contributed by atoms with Crippen LogP contribution in [0.4, 0.5) is 19.1 Å².